The van der Waals surface area contributed by atoms with Gasteiger partial charge in [-0.15, -0.1) is 5.10 Å². The van der Waals surface area contributed by atoms with Gasteiger partial charge in [0, 0.05) is 13.1 Å². The van der Waals surface area contributed by atoms with Gasteiger partial charge in [-0.1, -0.05) is 65.9 Å². The molecule has 0 bridgehead atoms. The Hall–Kier alpha value is -2.99. The molecule has 6 heteroatoms. The van der Waals surface area contributed by atoms with Crippen molar-refractivity contribution in [2.45, 2.75) is 25.0 Å². The van der Waals surface area contributed by atoms with Crippen molar-refractivity contribution in [3.63, 3.8) is 0 Å². The Balaban J connectivity index is 1.51. The lowest BCUT2D eigenvalue weighted by Crippen LogP contribution is -2.52. The fourth-order valence-corrected chi connectivity index (χ4v) is 3.41. The molecule has 1 N–H and O–H groups in total. The fourth-order valence-electron chi connectivity index (χ4n) is 3.41. The lowest BCUT2D eigenvalue weighted by molar-refractivity contribution is -0.137. The summed E-state index contributed by atoms with van der Waals surface area (Å²) in [7, 11) is 0. The monoisotopic (exact) mass is 362 g/mol. The van der Waals surface area contributed by atoms with Crippen molar-refractivity contribution in [2.75, 3.05) is 13.1 Å². The van der Waals surface area contributed by atoms with Crippen LogP contribution in [0.1, 0.15) is 41.8 Å². The van der Waals surface area contributed by atoms with E-state index in [0.29, 0.717) is 18.8 Å². The van der Waals surface area contributed by atoms with Crippen LogP contribution in [-0.4, -0.2) is 44.0 Å². The first kappa shape index (κ1) is 17.4. The van der Waals surface area contributed by atoms with Crippen LogP contribution in [0, 0.1) is 0 Å². The Morgan fingerprint density at radius 2 is 1.59 bits per heavy atom. The third-order valence-corrected chi connectivity index (χ3v) is 5.02. The highest BCUT2D eigenvalue weighted by Gasteiger charge is 2.37. The minimum absolute atomic E-state index is 0.0968. The molecule has 0 aliphatic carbocycles. The number of carbonyl (C=O) groups excluding carboxylic acids is 1. The van der Waals surface area contributed by atoms with E-state index < -0.39 is 6.10 Å². The highest BCUT2D eigenvalue weighted by atomic mass is 16.3. The molecule has 0 unspecified atom stereocenters. The van der Waals surface area contributed by atoms with Gasteiger partial charge >= 0.3 is 0 Å². The third kappa shape index (κ3) is 3.48. The highest BCUT2D eigenvalue weighted by Crippen LogP contribution is 2.31. The summed E-state index contributed by atoms with van der Waals surface area (Å²) in [4.78, 5) is 15.1. The lowest BCUT2D eigenvalue weighted by atomic mass is 9.89. The van der Waals surface area contributed by atoms with E-state index >= 15 is 0 Å². The van der Waals surface area contributed by atoms with Crippen LogP contribution < -0.4 is 0 Å². The molecule has 2 heterocycles. The van der Waals surface area contributed by atoms with Crippen LogP contribution in [-0.2, 0) is 4.79 Å². The maximum absolute atomic E-state index is 13.3. The molecule has 138 valence electrons. The molecule has 1 saturated heterocycles. The number of aliphatic hydroxyl groups excluding tert-OH is 1. The first-order valence-electron chi connectivity index (χ1n) is 9.12. The number of likely N-dealkylation sites (tertiary alicyclic amines) is 1. The summed E-state index contributed by atoms with van der Waals surface area (Å²) in [5, 5.41) is 17.7. The number of amides is 1. The van der Waals surface area contributed by atoms with Crippen LogP contribution in [0.2, 0.25) is 0 Å². The van der Waals surface area contributed by atoms with Crippen molar-refractivity contribution in [1.82, 2.24) is 19.9 Å². The number of carbonyl (C=O) groups is 1. The van der Waals surface area contributed by atoms with Crippen LogP contribution in [0.15, 0.2) is 66.9 Å². The van der Waals surface area contributed by atoms with Gasteiger partial charge < -0.3 is 10.0 Å². The minimum Gasteiger partial charge on any atom is -0.387 e. The number of nitrogens with zero attached hydrogens (tertiary/aromatic N) is 4. The molecule has 27 heavy (non-hydrogen) atoms. The number of rotatable bonds is 5. The largest absolute Gasteiger partial charge is 0.387 e. The SMILES string of the molecule is C[C@@H](O)c1cn(C2CN(C(=O)C(c3ccccc3)c3ccccc3)C2)nn1. The van der Waals surface area contributed by atoms with E-state index in [0.717, 1.165) is 11.1 Å². The zero-order chi connectivity index (χ0) is 18.8. The summed E-state index contributed by atoms with van der Waals surface area (Å²) in [5.41, 5.74) is 2.54. The summed E-state index contributed by atoms with van der Waals surface area (Å²) in [6.07, 6.45) is 1.11. The molecular weight excluding hydrogens is 340 g/mol. The average Bonchev–Trinajstić information content (AvgIpc) is 3.12. The third-order valence-electron chi connectivity index (χ3n) is 5.02. The number of benzene rings is 2. The number of hydrogen-bond donors (Lipinski definition) is 1. The smallest absolute Gasteiger partial charge is 0.234 e. The minimum atomic E-state index is -0.642. The summed E-state index contributed by atoms with van der Waals surface area (Å²) in [6.45, 7) is 2.85. The molecule has 2 aromatic carbocycles. The van der Waals surface area contributed by atoms with E-state index in [1.54, 1.807) is 17.8 Å². The Kier molecular flexibility index (Phi) is 4.73. The summed E-state index contributed by atoms with van der Waals surface area (Å²) >= 11 is 0. The second-order valence-electron chi connectivity index (χ2n) is 6.95. The van der Waals surface area contributed by atoms with Gasteiger partial charge in [0.25, 0.3) is 0 Å². The maximum atomic E-state index is 13.3. The van der Waals surface area contributed by atoms with Crippen LogP contribution >= 0.6 is 0 Å². The van der Waals surface area contributed by atoms with Gasteiger partial charge in [-0.25, -0.2) is 4.68 Å². The molecule has 1 aliphatic heterocycles. The standard InChI is InChI=1S/C21H22N4O2/c1-15(26)19-14-25(23-22-19)18-12-24(13-18)21(27)20(16-8-4-2-5-9-16)17-10-6-3-7-11-17/h2-11,14-15,18,20,26H,12-13H2,1H3/t15-/m1/s1. The van der Waals surface area contributed by atoms with E-state index in [9.17, 15) is 9.90 Å². The quantitative estimate of drug-likeness (QED) is 0.757. The molecule has 1 atom stereocenters. The molecule has 1 amide bonds. The summed E-state index contributed by atoms with van der Waals surface area (Å²) < 4.78 is 1.74. The Bertz CT molecular complexity index is 863. The second-order valence-corrected chi connectivity index (χ2v) is 6.95. The fraction of sp³-hybridized carbons (Fsp3) is 0.286. The maximum Gasteiger partial charge on any atom is 0.234 e. The van der Waals surface area contributed by atoms with Crippen molar-refractivity contribution in [3.8, 4) is 0 Å². The first-order valence-corrected chi connectivity index (χ1v) is 9.12. The molecule has 1 aromatic heterocycles. The summed E-state index contributed by atoms with van der Waals surface area (Å²) in [6, 6.07) is 19.9. The molecule has 4 rings (SSSR count). The van der Waals surface area contributed by atoms with Crippen molar-refractivity contribution >= 4 is 5.91 Å². The van der Waals surface area contributed by atoms with E-state index in [2.05, 4.69) is 10.3 Å². The Morgan fingerprint density at radius 1 is 1.04 bits per heavy atom. The molecule has 3 aromatic rings. The second kappa shape index (κ2) is 7.32. The van der Waals surface area contributed by atoms with Crippen molar-refractivity contribution < 1.29 is 9.90 Å². The predicted octanol–water partition coefficient (Wildman–Crippen LogP) is 2.55. The van der Waals surface area contributed by atoms with Crippen molar-refractivity contribution in [1.29, 1.82) is 0 Å². The van der Waals surface area contributed by atoms with E-state index in [4.69, 9.17) is 0 Å². The average molecular weight is 362 g/mol. The van der Waals surface area contributed by atoms with E-state index in [1.807, 2.05) is 65.6 Å². The van der Waals surface area contributed by atoms with Gasteiger partial charge in [0.1, 0.15) is 5.69 Å². The van der Waals surface area contributed by atoms with Crippen molar-refractivity contribution in [3.05, 3.63) is 83.7 Å². The lowest BCUT2D eigenvalue weighted by Gasteiger charge is -2.40. The van der Waals surface area contributed by atoms with Crippen LogP contribution in [0.5, 0.6) is 0 Å². The number of aliphatic hydroxyl groups is 1. The summed E-state index contributed by atoms with van der Waals surface area (Å²) in [5.74, 6) is -0.211. The molecule has 0 spiro atoms. The van der Waals surface area contributed by atoms with Gasteiger partial charge in [0.15, 0.2) is 0 Å². The van der Waals surface area contributed by atoms with Crippen LogP contribution in [0.4, 0.5) is 0 Å². The molecule has 0 saturated carbocycles. The molecule has 0 radical (unpaired) electrons. The van der Waals surface area contributed by atoms with Crippen LogP contribution in [0.25, 0.3) is 0 Å². The highest BCUT2D eigenvalue weighted by molar-refractivity contribution is 5.87. The van der Waals surface area contributed by atoms with Gasteiger partial charge in [-0.3, -0.25) is 4.79 Å². The van der Waals surface area contributed by atoms with E-state index in [-0.39, 0.29) is 17.9 Å². The van der Waals surface area contributed by atoms with Gasteiger partial charge in [0.2, 0.25) is 5.91 Å². The van der Waals surface area contributed by atoms with Gasteiger partial charge in [-0.05, 0) is 18.1 Å². The number of aromatic nitrogens is 3. The molecule has 1 fully saturated rings. The first-order chi connectivity index (χ1) is 13.1. The topological polar surface area (TPSA) is 71.2 Å². The molecule has 6 nitrogen and oxygen atoms in total. The Labute approximate surface area is 158 Å². The zero-order valence-corrected chi connectivity index (χ0v) is 15.1. The van der Waals surface area contributed by atoms with Crippen LogP contribution in [0.3, 0.4) is 0 Å². The predicted molar refractivity (Wildman–Crippen MR) is 101 cm³/mol. The van der Waals surface area contributed by atoms with Gasteiger partial charge in [0.05, 0.1) is 24.3 Å². The Morgan fingerprint density at radius 3 is 2.07 bits per heavy atom. The van der Waals surface area contributed by atoms with Crippen molar-refractivity contribution in [2.24, 2.45) is 0 Å². The van der Waals surface area contributed by atoms with E-state index in [1.165, 1.54) is 0 Å². The zero-order valence-electron chi connectivity index (χ0n) is 15.1. The molecule has 1 aliphatic rings. The normalized spacial score (nSPS) is 15.6. The number of hydrogen-bond acceptors (Lipinski definition) is 4. The molecular formula is C21H22N4O2. The van der Waals surface area contributed by atoms with Gasteiger partial charge in [-0.2, -0.15) is 0 Å².